The van der Waals surface area contributed by atoms with Gasteiger partial charge in [-0.05, 0) is 56.0 Å². The molecule has 1 amide bonds. The number of imidazole rings is 1. The zero-order chi connectivity index (χ0) is 21.4. The van der Waals surface area contributed by atoms with E-state index in [9.17, 15) is 4.79 Å². The van der Waals surface area contributed by atoms with E-state index in [-0.39, 0.29) is 11.9 Å². The second kappa shape index (κ2) is 6.40. The smallest absolute Gasteiger partial charge is 0.279 e. The number of carbonyl (C=O) groups excluding carboxylic acids is 1. The minimum Gasteiger partial charge on any atom is -0.332 e. The lowest BCUT2D eigenvalue weighted by atomic mass is 10.0. The van der Waals surface area contributed by atoms with Crippen molar-refractivity contribution in [3.63, 3.8) is 0 Å². The van der Waals surface area contributed by atoms with Gasteiger partial charge in [-0.3, -0.25) is 14.1 Å². The molecule has 31 heavy (non-hydrogen) atoms. The van der Waals surface area contributed by atoms with E-state index in [0.29, 0.717) is 16.6 Å². The van der Waals surface area contributed by atoms with Crippen molar-refractivity contribution in [3.05, 3.63) is 75.7 Å². The predicted molar refractivity (Wildman–Crippen MR) is 118 cm³/mol. The maximum absolute atomic E-state index is 13.7. The molecule has 4 aromatic rings. The molecule has 8 heteroatoms. The van der Waals surface area contributed by atoms with Crippen LogP contribution in [0, 0.1) is 13.8 Å². The molecule has 156 valence electrons. The van der Waals surface area contributed by atoms with Crippen LogP contribution in [0.25, 0.3) is 5.65 Å². The summed E-state index contributed by atoms with van der Waals surface area (Å²) in [6, 6.07) is 9.43. The molecule has 7 nitrogen and oxygen atoms in total. The van der Waals surface area contributed by atoms with Gasteiger partial charge in [0.05, 0.1) is 11.4 Å². The number of fused-ring (bicyclic) bond motifs is 2. The Hall–Kier alpha value is -3.19. The number of amides is 1. The van der Waals surface area contributed by atoms with Gasteiger partial charge in [-0.25, -0.2) is 4.98 Å². The third-order valence-electron chi connectivity index (χ3n) is 6.36. The molecular formula is C23H21ClN6O. The minimum atomic E-state index is -0.279. The summed E-state index contributed by atoms with van der Waals surface area (Å²) in [6.45, 7) is 3.89. The maximum atomic E-state index is 13.7. The molecule has 0 radical (unpaired) electrons. The molecule has 0 spiro atoms. The summed E-state index contributed by atoms with van der Waals surface area (Å²) in [5, 5.41) is 9.11. The van der Waals surface area contributed by atoms with Gasteiger partial charge in [-0.15, -0.1) is 10.2 Å². The summed E-state index contributed by atoms with van der Waals surface area (Å²) in [4.78, 5) is 20.4. The first-order valence-electron chi connectivity index (χ1n) is 10.4. The van der Waals surface area contributed by atoms with Crippen molar-refractivity contribution in [2.45, 2.75) is 38.6 Å². The van der Waals surface area contributed by atoms with Gasteiger partial charge in [-0.2, -0.15) is 0 Å². The molecule has 1 atom stereocenters. The van der Waals surface area contributed by atoms with Crippen LogP contribution in [0.2, 0.25) is 5.02 Å². The van der Waals surface area contributed by atoms with Gasteiger partial charge >= 0.3 is 0 Å². The summed E-state index contributed by atoms with van der Waals surface area (Å²) in [6.07, 6.45) is 4.21. The number of carbonyl (C=O) groups is 1. The highest BCUT2D eigenvalue weighted by Crippen LogP contribution is 2.46. The molecule has 1 unspecified atom stereocenters. The average molecular weight is 433 g/mol. The summed E-state index contributed by atoms with van der Waals surface area (Å²) >= 11 is 6.16. The van der Waals surface area contributed by atoms with E-state index < -0.39 is 0 Å². The van der Waals surface area contributed by atoms with Gasteiger partial charge in [0.15, 0.2) is 11.3 Å². The monoisotopic (exact) mass is 432 g/mol. The van der Waals surface area contributed by atoms with Crippen molar-refractivity contribution in [2.75, 3.05) is 4.90 Å². The van der Waals surface area contributed by atoms with E-state index in [1.54, 1.807) is 0 Å². The predicted octanol–water partition coefficient (Wildman–Crippen LogP) is 4.36. The molecule has 1 aromatic carbocycles. The Kier molecular flexibility index (Phi) is 3.84. The fourth-order valence-corrected chi connectivity index (χ4v) is 4.78. The number of hydrogen-bond donors (Lipinski definition) is 0. The molecule has 0 bridgehead atoms. The van der Waals surface area contributed by atoms with Gasteiger partial charge < -0.3 is 4.57 Å². The molecule has 1 fully saturated rings. The summed E-state index contributed by atoms with van der Waals surface area (Å²) < 4.78 is 4.06. The fourth-order valence-electron chi connectivity index (χ4n) is 4.66. The Morgan fingerprint density at radius 3 is 2.55 bits per heavy atom. The number of hydrogen-bond acceptors (Lipinski definition) is 4. The zero-order valence-corrected chi connectivity index (χ0v) is 18.3. The van der Waals surface area contributed by atoms with Gasteiger partial charge in [0.25, 0.3) is 5.91 Å². The Balaban J connectivity index is 1.57. The molecule has 0 N–H and O–H groups in total. The highest BCUT2D eigenvalue weighted by Gasteiger charge is 2.45. The van der Waals surface area contributed by atoms with Gasteiger partial charge in [0, 0.05) is 24.2 Å². The van der Waals surface area contributed by atoms with Gasteiger partial charge in [0.2, 0.25) is 0 Å². The van der Waals surface area contributed by atoms with Crippen molar-refractivity contribution in [1.82, 2.24) is 24.1 Å². The number of aryl methyl sites for hydroxylation is 2. The molecule has 3 aromatic heterocycles. The largest absolute Gasteiger partial charge is 0.332 e. The molecule has 1 aliphatic heterocycles. The third-order valence-corrected chi connectivity index (χ3v) is 6.62. The Morgan fingerprint density at radius 2 is 1.84 bits per heavy atom. The Morgan fingerprint density at radius 1 is 1.10 bits per heavy atom. The highest BCUT2D eigenvalue weighted by atomic mass is 35.5. The molecular weight excluding hydrogens is 412 g/mol. The van der Waals surface area contributed by atoms with E-state index >= 15 is 0 Å². The summed E-state index contributed by atoms with van der Waals surface area (Å²) in [7, 11) is 2.03. The number of benzene rings is 1. The van der Waals surface area contributed by atoms with E-state index in [4.69, 9.17) is 16.6 Å². The number of aromatic nitrogens is 5. The second-order valence-corrected chi connectivity index (χ2v) is 8.92. The van der Waals surface area contributed by atoms with Crippen LogP contribution >= 0.6 is 11.6 Å². The molecule has 4 heterocycles. The minimum absolute atomic E-state index is 0.0815. The molecule has 2 aliphatic rings. The molecule has 1 saturated carbocycles. The van der Waals surface area contributed by atoms with E-state index in [2.05, 4.69) is 14.8 Å². The summed E-state index contributed by atoms with van der Waals surface area (Å²) in [5.74, 6) is 2.17. The highest BCUT2D eigenvalue weighted by molar-refractivity contribution is 6.30. The number of rotatable bonds is 3. The maximum Gasteiger partial charge on any atom is 0.279 e. The standard InChI is InChI=1S/C23H21ClN6O/c1-12-10-17(11-29-13(2)26-27-21(12)29)30-19(14-6-8-16(24)9-7-14)20-18(23(30)31)25-22(28(20)3)15-4-5-15/h6-11,15,19H,4-5H2,1-3H3. The number of pyridine rings is 1. The molecule has 0 saturated heterocycles. The average Bonchev–Trinajstić information content (AvgIpc) is 3.35. The van der Waals surface area contributed by atoms with Gasteiger partial charge in [0.1, 0.15) is 17.7 Å². The van der Waals surface area contributed by atoms with Crippen molar-refractivity contribution < 1.29 is 4.79 Å². The Bertz CT molecular complexity index is 1370. The van der Waals surface area contributed by atoms with Crippen LogP contribution in [0.5, 0.6) is 0 Å². The van der Waals surface area contributed by atoms with Crippen LogP contribution in [0.1, 0.15) is 63.8 Å². The van der Waals surface area contributed by atoms with Crippen LogP contribution in [-0.2, 0) is 7.05 Å². The lowest BCUT2D eigenvalue weighted by molar-refractivity contribution is 0.0989. The van der Waals surface area contributed by atoms with E-state index in [1.807, 2.05) is 66.7 Å². The van der Waals surface area contributed by atoms with Crippen LogP contribution < -0.4 is 4.90 Å². The third kappa shape index (κ3) is 2.66. The number of halogens is 1. The van der Waals surface area contributed by atoms with Crippen molar-refractivity contribution in [3.8, 4) is 0 Å². The van der Waals surface area contributed by atoms with Crippen LogP contribution in [0.15, 0.2) is 36.5 Å². The first-order valence-corrected chi connectivity index (χ1v) is 10.8. The lowest BCUT2D eigenvalue weighted by Gasteiger charge is -2.27. The topological polar surface area (TPSA) is 68.3 Å². The Labute approximate surface area is 184 Å². The number of nitrogens with zero attached hydrogens (tertiary/aromatic N) is 6. The summed E-state index contributed by atoms with van der Waals surface area (Å²) in [5.41, 5.74) is 5.03. The van der Waals surface area contributed by atoms with Crippen LogP contribution in [-0.4, -0.2) is 30.1 Å². The quantitative estimate of drug-likeness (QED) is 0.482. The van der Waals surface area contributed by atoms with E-state index in [0.717, 1.165) is 52.6 Å². The second-order valence-electron chi connectivity index (χ2n) is 8.49. The fraction of sp³-hybridized carbons (Fsp3) is 0.304. The zero-order valence-electron chi connectivity index (χ0n) is 17.5. The molecule has 1 aliphatic carbocycles. The molecule has 6 rings (SSSR count). The van der Waals surface area contributed by atoms with E-state index in [1.165, 1.54) is 0 Å². The van der Waals surface area contributed by atoms with Crippen molar-refractivity contribution >= 4 is 28.8 Å². The first kappa shape index (κ1) is 18.6. The number of anilines is 1. The van der Waals surface area contributed by atoms with Crippen molar-refractivity contribution in [2.24, 2.45) is 7.05 Å². The lowest BCUT2D eigenvalue weighted by Crippen LogP contribution is -2.30. The van der Waals surface area contributed by atoms with Crippen molar-refractivity contribution in [1.29, 1.82) is 0 Å². The van der Waals surface area contributed by atoms with Crippen LogP contribution in [0.3, 0.4) is 0 Å². The normalized spacial score (nSPS) is 18.3. The first-order chi connectivity index (χ1) is 14.9. The van der Waals surface area contributed by atoms with Gasteiger partial charge in [-0.1, -0.05) is 23.7 Å². The SMILES string of the molecule is Cc1cc(N2C(=O)c3nc(C4CC4)n(C)c3C2c2ccc(Cl)cc2)cn2c(C)nnc12. The van der Waals surface area contributed by atoms with Crippen LogP contribution in [0.4, 0.5) is 5.69 Å².